The van der Waals surface area contributed by atoms with Crippen molar-refractivity contribution >= 4 is 22.6 Å². The molecule has 0 unspecified atom stereocenters. The van der Waals surface area contributed by atoms with E-state index in [1.165, 1.54) is 6.07 Å². The standard InChI is InChI=1S/C24H22FN3O/c1-16-11-12-18(13-22(16)25)28-24(29)27-14-20(17-7-3-2-4-8-17)21-15-26-23-10-6-5-9-19(21)23/h2-13,15,20,26H,14H2,1H3,(H2,27,28,29)/t20-/m1/s1. The number of urea groups is 1. The Morgan fingerprint density at radius 1 is 1.03 bits per heavy atom. The summed E-state index contributed by atoms with van der Waals surface area (Å²) in [5.41, 5.74) is 4.25. The Morgan fingerprint density at radius 2 is 1.79 bits per heavy atom. The lowest BCUT2D eigenvalue weighted by Crippen LogP contribution is -2.32. The number of benzene rings is 3. The minimum Gasteiger partial charge on any atom is -0.361 e. The molecule has 3 N–H and O–H groups in total. The van der Waals surface area contributed by atoms with Crippen molar-refractivity contribution in [2.75, 3.05) is 11.9 Å². The van der Waals surface area contributed by atoms with Crippen LogP contribution in [0.5, 0.6) is 0 Å². The summed E-state index contributed by atoms with van der Waals surface area (Å²) in [6, 6.07) is 22.5. The number of fused-ring (bicyclic) bond motifs is 1. The van der Waals surface area contributed by atoms with Gasteiger partial charge in [0, 0.05) is 35.2 Å². The highest BCUT2D eigenvalue weighted by atomic mass is 19.1. The Hall–Kier alpha value is -3.60. The van der Waals surface area contributed by atoms with E-state index in [4.69, 9.17) is 0 Å². The lowest BCUT2D eigenvalue weighted by Gasteiger charge is -2.18. The summed E-state index contributed by atoms with van der Waals surface area (Å²) >= 11 is 0. The van der Waals surface area contributed by atoms with E-state index in [2.05, 4.69) is 33.8 Å². The number of halogens is 1. The summed E-state index contributed by atoms with van der Waals surface area (Å²) in [6.07, 6.45) is 2.00. The first-order valence-corrected chi connectivity index (χ1v) is 9.54. The van der Waals surface area contributed by atoms with Crippen LogP contribution in [-0.2, 0) is 0 Å². The van der Waals surface area contributed by atoms with E-state index in [1.807, 2.05) is 42.6 Å². The van der Waals surface area contributed by atoms with Crippen LogP contribution in [-0.4, -0.2) is 17.6 Å². The molecule has 1 heterocycles. The molecule has 3 aromatic carbocycles. The number of para-hydroxylation sites is 1. The first-order chi connectivity index (χ1) is 14.1. The molecular formula is C24H22FN3O. The van der Waals surface area contributed by atoms with E-state index >= 15 is 0 Å². The third-order valence-electron chi connectivity index (χ3n) is 5.10. The highest BCUT2D eigenvalue weighted by Gasteiger charge is 2.19. The summed E-state index contributed by atoms with van der Waals surface area (Å²) in [7, 11) is 0. The zero-order valence-electron chi connectivity index (χ0n) is 16.1. The van der Waals surface area contributed by atoms with Crippen LogP contribution in [0.25, 0.3) is 10.9 Å². The normalized spacial score (nSPS) is 11.9. The maximum absolute atomic E-state index is 13.7. The number of H-pyrrole nitrogens is 1. The van der Waals surface area contributed by atoms with Crippen molar-refractivity contribution in [3.63, 3.8) is 0 Å². The molecule has 0 saturated heterocycles. The van der Waals surface area contributed by atoms with Crippen molar-refractivity contribution in [2.45, 2.75) is 12.8 Å². The van der Waals surface area contributed by atoms with E-state index in [-0.39, 0.29) is 17.8 Å². The second kappa shape index (κ2) is 8.19. The number of hydrogen-bond donors (Lipinski definition) is 3. The number of anilines is 1. The van der Waals surface area contributed by atoms with E-state index in [9.17, 15) is 9.18 Å². The van der Waals surface area contributed by atoms with Crippen molar-refractivity contribution in [1.82, 2.24) is 10.3 Å². The smallest absolute Gasteiger partial charge is 0.319 e. The molecule has 4 aromatic rings. The molecule has 0 aliphatic rings. The maximum Gasteiger partial charge on any atom is 0.319 e. The fraction of sp³-hybridized carbons (Fsp3) is 0.125. The summed E-state index contributed by atoms with van der Waals surface area (Å²) in [5, 5.41) is 6.76. The molecule has 0 aliphatic heterocycles. The number of hydrogen-bond acceptors (Lipinski definition) is 1. The molecule has 0 radical (unpaired) electrons. The number of nitrogens with one attached hydrogen (secondary N) is 3. The lowest BCUT2D eigenvalue weighted by atomic mass is 9.91. The van der Waals surface area contributed by atoms with Crippen LogP contribution in [0.4, 0.5) is 14.9 Å². The lowest BCUT2D eigenvalue weighted by molar-refractivity contribution is 0.252. The number of amides is 2. The SMILES string of the molecule is Cc1ccc(NC(=O)NC[C@H](c2ccccc2)c2c[nH]c3ccccc23)cc1F. The van der Waals surface area contributed by atoms with Crippen molar-refractivity contribution in [3.05, 3.63) is 102 Å². The number of rotatable bonds is 5. The van der Waals surface area contributed by atoms with E-state index < -0.39 is 0 Å². The van der Waals surface area contributed by atoms with E-state index in [1.54, 1.807) is 19.1 Å². The summed E-state index contributed by atoms with van der Waals surface area (Å²) < 4.78 is 13.7. The molecule has 0 bridgehead atoms. The maximum atomic E-state index is 13.7. The predicted octanol–water partition coefficient (Wildman–Crippen LogP) is 5.57. The average Bonchev–Trinajstić information content (AvgIpc) is 3.16. The van der Waals surface area contributed by atoms with Gasteiger partial charge < -0.3 is 15.6 Å². The molecule has 0 fully saturated rings. The van der Waals surface area contributed by atoms with Gasteiger partial charge in [-0.3, -0.25) is 0 Å². The van der Waals surface area contributed by atoms with Crippen molar-refractivity contribution < 1.29 is 9.18 Å². The van der Waals surface area contributed by atoms with Crippen LogP contribution >= 0.6 is 0 Å². The van der Waals surface area contributed by atoms with Gasteiger partial charge in [0.1, 0.15) is 5.82 Å². The van der Waals surface area contributed by atoms with Gasteiger partial charge in [0.05, 0.1) is 0 Å². The molecule has 4 nitrogen and oxygen atoms in total. The molecule has 0 aliphatic carbocycles. The molecule has 0 saturated carbocycles. The van der Waals surface area contributed by atoms with Gasteiger partial charge in [-0.1, -0.05) is 54.6 Å². The van der Waals surface area contributed by atoms with Crippen LogP contribution in [0.2, 0.25) is 0 Å². The minimum atomic E-state index is -0.367. The second-order valence-electron chi connectivity index (χ2n) is 7.05. The Bertz CT molecular complexity index is 1140. The number of aryl methyl sites for hydroxylation is 1. The van der Waals surface area contributed by atoms with Gasteiger partial charge in [0.15, 0.2) is 0 Å². The van der Waals surface area contributed by atoms with Gasteiger partial charge in [-0.15, -0.1) is 0 Å². The van der Waals surface area contributed by atoms with Gasteiger partial charge in [0.25, 0.3) is 0 Å². The number of aromatic amines is 1. The first-order valence-electron chi connectivity index (χ1n) is 9.54. The Kier molecular flexibility index (Phi) is 5.29. The van der Waals surface area contributed by atoms with Crippen molar-refractivity contribution in [3.8, 4) is 0 Å². The molecule has 2 amide bonds. The summed E-state index contributed by atoms with van der Waals surface area (Å²) in [6.45, 7) is 2.09. The molecule has 4 rings (SSSR count). The predicted molar refractivity (Wildman–Crippen MR) is 115 cm³/mol. The molecule has 146 valence electrons. The Labute approximate surface area is 168 Å². The van der Waals surface area contributed by atoms with Crippen LogP contribution < -0.4 is 10.6 Å². The monoisotopic (exact) mass is 387 g/mol. The van der Waals surface area contributed by atoms with Crippen LogP contribution in [0.1, 0.15) is 22.6 Å². The molecule has 1 atom stereocenters. The van der Waals surface area contributed by atoms with Gasteiger partial charge in [-0.05, 0) is 41.8 Å². The highest BCUT2D eigenvalue weighted by Crippen LogP contribution is 2.30. The fourth-order valence-electron chi connectivity index (χ4n) is 3.52. The summed E-state index contributed by atoms with van der Waals surface area (Å²) in [5.74, 6) is -0.364. The molecule has 0 spiro atoms. The third kappa shape index (κ3) is 4.14. The molecular weight excluding hydrogens is 365 g/mol. The zero-order valence-corrected chi connectivity index (χ0v) is 16.1. The Balaban J connectivity index is 1.55. The van der Waals surface area contributed by atoms with Crippen LogP contribution in [0, 0.1) is 12.7 Å². The topological polar surface area (TPSA) is 56.9 Å². The van der Waals surface area contributed by atoms with Gasteiger partial charge in [-0.2, -0.15) is 0 Å². The quantitative estimate of drug-likeness (QED) is 0.412. The van der Waals surface area contributed by atoms with Crippen LogP contribution in [0.15, 0.2) is 79.0 Å². The highest BCUT2D eigenvalue weighted by molar-refractivity contribution is 5.89. The molecule has 1 aromatic heterocycles. The third-order valence-corrected chi connectivity index (χ3v) is 5.10. The van der Waals surface area contributed by atoms with E-state index in [0.29, 0.717) is 17.8 Å². The fourth-order valence-corrected chi connectivity index (χ4v) is 3.52. The zero-order chi connectivity index (χ0) is 20.2. The average molecular weight is 387 g/mol. The number of carbonyl (C=O) groups excluding carboxylic acids is 1. The Morgan fingerprint density at radius 3 is 2.59 bits per heavy atom. The summed E-state index contributed by atoms with van der Waals surface area (Å²) in [4.78, 5) is 15.7. The minimum absolute atomic E-state index is 0.0205. The number of carbonyl (C=O) groups is 1. The van der Waals surface area contributed by atoms with Gasteiger partial charge >= 0.3 is 6.03 Å². The second-order valence-corrected chi connectivity index (χ2v) is 7.05. The van der Waals surface area contributed by atoms with Gasteiger partial charge in [-0.25, -0.2) is 9.18 Å². The van der Waals surface area contributed by atoms with Crippen molar-refractivity contribution in [1.29, 1.82) is 0 Å². The molecule has 5 heteroatoms. The largest absolute Gasteiger partial charge is 0.361 e. The van der Waals surface area contributed by atoms with Gasteiger partial charge in [0.2, 0.25) is 0 Å². The molecule has 29 heavy (non-hydrogen) atoms. The van der Waals surface area contributed by atoms with Crippen LogP contribution in [0.3, 0.4) is 0 Å². The first kappa shape index (κ1) is 18.7. The van der Waals surface area contributed by atoms with E-state index in [0.717, 1.165) is 22.0 Å². The van der Waals surface area contributed by atoms with Crippen molar-refractivity contribution in [2.24, 2.45) is 0 Å². The number of aromatic nitrogens is 1.